The molecule has 0 aliphatic carbocycles. The lowest BCUT2D eigenvalue weighted by molar-refractivity contribution is 0.0673. The maximum absolute atomic E-state index is 3.77. The lowest BCUT2D eigenvalue weighted by Gasteiger charge is -2.42. The first kappa shape index (κ1) is 9.75. The number of hydrogen-bond acceptors (Lipinski definition) is 2. The van der Waals surface area contributed by atoms with Crippen molar-refractivity contribution in [3.8, 4) is 0 Å². The van der Waals surface area contributed by atoms with E-state index >= 15 is 0 Å². The molecule has 0 bridgehead atoms. The smallest absolute Gasteiger partial charge is 0.0195 e. The Balaban J connectivity index is 2.47. The van der Waals surface area contributed by atoms with Gasteiger partial charge in [-0.3, -0.25) is 9.80 Å². The van der Waals surface area contributed by atoms with Crippen molar-refractivity contribution in [2.24, 2.45) is 0 Å². The average molecular weight is 168 g/mol. The molecule has 0 aromatic rings. The molecule has 1 saturated heterocycles. The molecule has 0 aromatic carbocycles. The lowest BCUT2D eigenvalue weighted by atomic mass is 10.1. The van der Waals surface area contributed by atoms with Crippen LogP contribution in [0, 0.1) is 0 Å². The Morgan fingerprint density at radius 2 is 1.83 bits per heavy atom. The molecule has 1 aliphatic heterocycles. The molecule has 1 rings (SSSR count). The fraction of sp³-hybridized carbons (Fsp3) is 0.800. The van der Waals surface area contributed by atoms with Crippen molar-refractivity contribution >= 4 is 0 Å². The lowest BCUT2D eigenvalue weighted by Crippen LogP contribution is -2.54. The number of nitrogens with zero attached hydrogens (tertiary/aromatic N) is 2. The molecule has 12 heavy (non-hydrogen) atoms. The van der Waals surface area contributed by atoms with Gasteiger partial charge in [-0.25, -0.2) is 0 Å². The van der Waals surface area contributed by atoms with Crippen LogP contribution in [0.1, 0.15) is 13.8 Å². The molecule has 0 unspecified atom stereocenters. The third kappa shape index (κ3) is 2.08. The molecule has 0 N–H and O–H groups in total. The van der Waals surface area contributed by atoms with Crippen LogP contribution in [0.15, 0.2) is 12.7 Å². The maximum Gasteiger partial charge on any atom is 0.0195 e. The molecular formula is C10H20N2. The van der Waals surface area contributed by atoms with Gasteiger partial charge in [0.1, 0.15) is 0 Å². The van der Waals surface area contributed by atoms with Gasteiger partial charge in [0.2, 0.25) is 0 Å². The van der Waals surface area contributed by atoms with Gasteiger partial charge in [0.15, 0.2) is 0 Å². The minimum Gasteiger partial charge on any atom is -0.298 e. The van der Waals surface area contributed by atoms with E-state index in [-0.39, 0.29) is 0 Å². The van der Waals surface area contributed by atoms with Gasteiger partial charge in [-0.2, -0.15) is 0 Å². The van der Waals surface area contributed by atoms with Crippen molar-refractivity contribution in [2.75, 3.05) is 26.7 Å². The summed E-state index contributed by atoms with van der Waals surface area (Å²) < 4.78 is 0. The molecule has 2 nitrogen and oxygen atoms in total. The molecule has 2 heteroatoms. The summed E-state index contributed by atoms with van der Waals surface area (Å²) in [4.78, 5) is 4.90. The van der Waals surface area contributed by atoms with Gasteiger partial charge >= 0.3 is 0 Å². The quantitative estimate of drug-likeness (QED) is 0.572. The van der Waals surface area contributed by atoms with Crippen molar-refractivity contribution in [1.82, 2.24) is 9.80 Å². The second-order valence-corrected chi connectivity index (χ2v) is 3.87. The summed E-state index contributed by atoms with van der Waals surface area (Å²) in [6.07, 6.45) is 1.99. The third-order valence-electron chi connectivity index (χ3n) is 2.82. The molecule has 1 fully saturated rings. The summed E-state index contributed by atoms with van der Waals surface area (Å²) in [5.41, 5.74) is 0. The second-order valence-electron chi connectivity index (χ2n) is 3.87. The predicted molar refractivity (Wildman–Crippen MR) is 53.3 cm³/mol. The number of hydrogen-bond donors (Lipinski definition) is 0. The summed E-state index contributed by atoms with van der Waals surface area (Å²) >= 11 is 0. The van der Waals surface area contributed by atoms with Crippen LogP contribution in [0.4, 0.5) is 0 Å². The SMILES string of the molecule is C=CCN1C[C@@H](C)N(C)[C@@H](C)C1. The van der Waals surface area contributed by atoms with E-state index in [1.54, 1.807) is 0 Å². The molecule has 70 valence electrons. The zero-order valence-electron chi connectivity index (χ0n) is 8.45. The van der Waals surface area contributed by atoms with Gasteiger partial charge in [-0.1, -0.05) is 6.08 Å². The number of piperazine rings is 1. The minimum absolute atomic E-state index is 0.675. The highest BCUT2D eigenvalue weighted by Crippen LogP contribution is 2.12. The van der Waals surface area contributed by atoms with Crippen molar-refractivity contribution in [3.63, 3.8) is 0 Å². The van der Waals surface area contributed by atoms with E-state index in [1.165, 1.54) is 13.1 Å². The van der Waals surface area contributed by atoms with E-state index in [0.717, 1.165) is 6.54 Å². The van der Waals surface area contributed by atoms with E-state index < -0.39 is 0 Å². The normalized spacial score (nSPS) is 33.6. The molecule has 0 spiro atoms. The first-order chi connectivity index (χ1) is 5.65. The summed E-state index contributed by atoms with van der Waals surface area (Å²) in [7, 11) is 2.21. The molecule has 2 atom stereocenters. The molecule has 0 amide bonds. The zero-order valence-corrected chi connectivity index (χ0v) is 8.45. The summed E-state index contributed by atoms with van der Waals surface area (Å²) in [6, 6.07) is 1.35. The Bertz CT molecular complexity index is 144. The largest absolute Gasteiger partial charge is 0.298 e. The standard InChI is InChI=1S/C10H20N2/c1-5-6-12-7-9(2)11(4)10(3)8-12/h5,9-10H,1,6-8H2,2-4H3/t9-,10+. The van der Waals surface area contributed by atoms with Crippen molar-refractivity contribution < 1.29 is 0 Å². The number of rotatable bonds is 2. The second kappa shape index (κ2) is 4.06. The Labute approximate surface area is 75.8 Å². The van der Waals surface area contributed by atoms with Crippen LogP contribution < -0.4 is 0 Å². The maximum atomic E-state index is 3.77. The Hall–Kier alpha value is -0.340. The molecule has 0 aromatic heterocycles. The highest BCUT2D eigenvalue weighted by atomic mass is 15.3. The minimum atomic E-state index is 0.675. The summed E-state index contributed by atoms with van der Waals surface area (Å²) in [5.74, 6) is 0. The van der Waals surface area contributed by atoms with Gasteiger partial charge < -0.3 is 0 Å². The highest BCUT2D eigenvalue weighted by molar-refractivity contribution is 4.85. The fourth-order valence-electron chi connectivity index (χ4n) is 1.85. The van der Waals surface area contributed by atoms with Crippen LogP contribution in [-0.2, 0) is 0 Å². The van der Waals surface area contributed by atoms with Gasteiger partial charge in [-0.15, -0.1) is 6.58 Å². The Morgan fingerprint density at radius 1 is 1.33 bits per heavy atom. The van der Waals surface area contributed by atoms with E-state index in [2.05, 4.69) is 37.3 Å². The van der Waals surface area contributed by atoms with E-state index in [1.807, 2.05) is 6.08 Å². The van der Waals surface area contributed by atoms with Gasteiger partial charge in [-0.05, 0) is 20.9 Å². The van der Waals surface area contributed by atoms with Crippen molar-refractivity contribution in [3.05, 3.63) is 12.7 Å². The third-order valence-corrected chi connectivity index (χ3v) is 2.82. The molecule has 1 heterocycles. The first-order valence-corrected chi connectivity index (χ1v) is 4.70. The molecule has 1 aliphatic rings. The van der Waals surface area contributed by atoms with Crippen LogP contribution in [-0.4, -0.2) is 48.6 Å². The summed E-state index contributed by atoms with van der Waals surface area (Å²) in [5, 5.41) is 0. The molecule has 0 saturated carbocycles. The van der Waals surface area contributed by atoms with E-state index in [4.69, 9.17) is 0 Å². The summed E-state index contributed by atoms with van der Waals surface area (Å²) in [6.45, 7) is 11.7. The van der Waals surface area contributed by atoms with Crippen molar-refractivity contribution in [2.45, 2.75) is 25.9 Å². The molecule has 0 radical (unpaired) electrons. The van der Waals surface area contributed by atoms with E-state index in [0.29, 0.717) is 12.1 Å². The van der Waals surface area contributed by atoms with Gasteiger partial charge in [0, 0.05) is 31.7 Å². The Kier molecular flexibility index (Phi) is 3.29. The monoisotopic (exact) mass is 168 g/mol. The van der Waals surface area contributed by atoms with Crippen molar-refractivity contribution in [1.29, 1.82) is 0 Å². The van der Waals surface area contributed by atoms with E-state index in [9.17, 15) is 0 Å². The highest BCUT2D eigenvalue weighted by Gasteiger charge is 2.25. The topological polar surface area (TPSA) is 6.48 Å². The van der Waals surface area contributed by atoms with Crippen LogP contribution in [0.3, 0.4) is 0 Å². The van der Waals surface area contributed by atoms with Gasteiger partial charge in [0.25, 0.3) is 0 Å². The zero-order chi connectivity index (χ0) is 9.14. The molecular weight excluding hydrogens is 148 g/mol. The van der Waals surface area contributed by atoms with Gasteiger partial charge in [0.05, 0.1) is 0 Å². The average Bonchev–Trinajstić information content (AvgIpc) is 2.01. The Morgan fingerprint density at radius 3 is 2.25 bits per heavy atom. The number of likely N-dealkylation sites (N-methyl/N-ethyl adjacent to an activating group) is 1. The van der Waals surface area contributed by atoms with Crippen LogP contribution in [0.5, 0.6) is 0 Å². The van der Waals surface area contributed by atoms with Crippen LogP contribution >= 0.6 is 0 Å². The van der Waals surface area contributed by atoms with Crippen LogP contribution in [0.25, 0.3) is 0 Å². The fourth-order valence-corrected chi connectivity index (χ4v) is 1.85. The van der Waals surface area contributed by atoms with Crippen LogP contribution in [0.2, 0.25) is 0 Å². The first-order valence-electron chi connectivity index (χ1n) is 4.70. The predicted octanol–water partition coefficient (Wildman–Crippen LogP) is 1.20.